The molecule has 0 amide bonds. The number of aliphatic hydroxyl groups is 2. The third-order valence-corrected chi connectivity index (χ3v) is 2.62. The van der Waals surface area contributed by atoms with Crippen molar-refractivity contribution >= 4 is 0 Å². The number of ether oxygens (including phenoxy) is 1. The smallest absolute Gasteiger partial charge is 0.109 e. The second kappa shape index (κ2) is 3.56. The molecule has 13 heavy (non-hydrogen) atoms. The Bertz CT molecular complexity index is 173. The molecule has 0 unspecified atom stereocenters. The molecule has 0 bridgehead atoms. The maximum atomic E-state index is 9.72. The summed E-state index contributed by atoms with van der Waals surface area (Å²) in [7, 11) is 0. The number of aliphatic hydroxyl groups excluding tert-OH is 2. The normalized spacial score (nSPS) is 41.1. The molecule has 1 heterocycles. The van der Waals surface area contributed by atoms with Gasteiger partial charge in [-0.1, -0.05) is 27.7 Å². The maximum absolute atomic E-state index is 9.72. The third-order valence-electron chi connectivity index (χ3n) is 2.62. The molecule has 1 aliphatic heterocycles. The summed E-state index contributed by atoms with van der Waals surface area (Å²) in [5.41, 5.74) is -0.121. The van der Waals surface area contributed by atoms with Crippen LogP contribution in [-0.4, -0.2) is 34.6 Å². The molecule has 2 N–H and O–H groups in total. The first-order chi connectivity index (χ1) is 5.88. The zero-order valence-corrected chi connectivity index (χ0v) is 8.82. The van der Waals surface area contributed by atoms with Crippen molar-refractivity contribution in [3.05, 3.63) is 0 Å². The van der Waals surface area contributed by atoms with Crippen molar-refractivity contribution < 1.29 is 14.9 Å². The summed E-state index contributed by atoms with van der Waals surface area (Å²) in [6.07, 6.45) is -1.20. The summed E-state index contributed by atoms with van der Waals surface area (Å²) in [5.74, 6) is 0. The summed E-state index contributed by atoms with van der Waals surface area (Å²) in [4.78, 5) is 0. The minimum atomic E-state index is -0.745. The molecule has 1 aliphatic rings. The highest BCUT2D eigenvalue weighted by Gasteiger charge is 2.46. The van der Waals surface area contributed by atoms with Gasteiger partial charge in [0.25, 0.3) is 0 Å². The van der Waals surface area contributed by atoms with E-state index >= 15 is 0 Å². The fourth-order valence-electron chi connectivity index (χ4n) is 1.80. The van der Waals surface area contributed by atoms with E-state index in [2.05, 4.69) is 0 Å². The summed E-state index contributed by atoms with van der Waals surface area (Å²) < 4.78 is 5.60. The summed E-state index contributed by atoms with van der Waals surface area (Å²) >= 11 is 0. The molecule has 1 rings (SSSR count). The second-order valence-corrected chi connectivity index (χ2v) is 4.85. The van der Waals surface area contributed by atoms with Crippen molar-refractivity contribution in [2.75, 3.05) is 0 Å². The van der Waals surface area contributed by atoms with Gasteiger partial charge >= 0.3 is 0 Å². The van der Waals surface area contributed by atoms with E-state index in [9.17, 15) is 10.2 Å². The van der Waals surface area contributed by atoms with E-state index in [-0.39, 0.29) is 17.6 Å². The fourth-order valence-corrected chi connectivity index (χ4v) is 1.80. The summed E-state index contributed by atoms with van der Waals surface area (Å²) in [6, 6.07) is 0. The minimum Gasteiger partial charge on any atom is -0.388 e. The van der Waals surface area contributed by atoms with Crippen molar-refractivity contribution in [3.63, 3.8) is 0 Å². The first-order valence-corrected chi connectivity index (χ1v) is 4.89. The molecule has 0 saturated carbocycles. The van der Waals surface area contributed by atoms with Gasteiger partial charge in [-0.2, -0.15) is 0 Å². The van der Waals surface area contributed by atoms with E-state index in [1.807, 2.05) is 27.7 Å². The summed E-state index contributed by atoms with van der Waals surface area (Å²) in [5, 5.41) is 19.3. The number of hydrogen-bond donors (Lipinski definition) is 2. The number of rotatable bonds is 1. The molecule has 78 valence electrons. The van der Waals surface area contributed by atoms with E-state index in [0.717, 1.165) is 6.42 Å². The average Bonchev–Trinajstić information content (AvgIpc) is 2.28. The first-order valence-electron chi connectivity index (χ1n) is 4.89. The molecule has 0 aliphatic carbocycles. The highest BCUT2D eigenvalue weighted by molar-refractivity contribution is 4.95. The van der Waals surface area contributed by atoms with Crippen LogP contribution in [0.4, 0.5) is 0 Å². The standard InChI is InChI=1S/C10H20O3/c1-5-6-7(11)8(12)9(13-6)10(2,3)4/h6-9,11-12H,5H2,1-4H3/t6-,7-,8-,9-/m1/s1. The van der Waals surface area contributed by atoms with Gasteiger partial charge in [-0.05, 0) is 11.8 Å². The molecule has 0 radical (unpaired) electrons. The fraction of sp³-hybridized carbons (Fsp3) is 1.00. The van der Waals surface area contributed by atoms with Crippen LogP contribution in [0.1, 0.15) is 34.1 Å². The molecule has 0 aromatic heterocycles. The number of hydrogen-bond acceptors (Lipinski definition) is 3. The Morgan fingerprint density at radius 3 is 1.92 bits per heavy atom. The maximum Gasteiger partial charge on any atom is 0.109 e. The van der Waals surface area contributed by atoms with Crippen LogP contribution >= 0.6 is 0 Å². The lowest BCUT2D eigenvalue weighted by Gasteiger charge is -2.28. The zero-order chi connectivity index (χ0) is 10.2. The van der Waals surface area contributed by atoms with Crippen molar-refractivity contribution in [2.24, 2.45) is 5.41 Å². The van der Waals surface area contributed by atoms with Gasteiger partial charge < -0.3 is 14.9 Å². The van der Waals surface area contributed by atoms with Gasteiger partial charge in [0.2, 0.25) is 0 Å². The van der Waals surface area contributed by atoms with Crippen molar-refractivity contribution in [2.45, 2.75) is 58.5 Å². The van der Waals surface area contributed by atoms with E-state index in [1.165, 1.54) is 0 Å². The van der Waals surface area contributed by atoms with Gasteiger partial charge in [0.05, 0.1) is 12.2 Å². The SMILES string of the molecule is CC[C@H]1O[C@@H](C(C)(C)C)[C@H](O)[C@@H]1O. The second-order valence-electron chi connectivity index (χ2n) is 4.85. The Balaban J connectivity index is 2.71. The van der Waals surface area contributed by atoms with Crippen LogP contribution in [0.5, 0.6) is 0 Å². The lowest BCUT2D eigenvalue weighted by molar-refractivity contribution is -0.0521. The third kappa shape index (κ3) is 2.03. The van der Waals surface area contributed by atoms with Crippen LogP contribution in [0.25, 0.3) is 0 Å². The molecule has 0 aromatic carbocycles. The van der Waals surface area contributed by atoms with Crippen LogP contribution in [0.15, 0.2) is 0 Å². The van der Waals surface area contributed by atoms with Gasteiger partial charge in [0.1, 0.15) is 12.2 Å². The van der Waals surface area contributed by atoms with Gasteiger partial charge in [-0.3, -0.25) is 0 Å². The average molecular weight is 188 g/mol. The van der Waals surface area contributed by atoms with Crippen LogP contribution in [0, 0.1) is 5.41 Å². The molecular weight excluding hydrogens is 168 g/mol. The van der Waals surface area contributed by atoms with E-state index in [1.54, 1.807) is 0 Å². The molecule has 0 aromatic rings. The van der Waals surface area contributed by atoms with Crippen LogP contribution in [0.2, 0.25) is 0 Å². The predicted molar refractivity (Wildman–Crippen MR) is 50.4 cm³/mol. The van der Waals surface area contributed by atoms with Crippen LogP contribution in [-0.2, 0) is 4.74 Å². The summed E-state index contributed by atoms with van der Waals surface area (Å²) in [6.45, 7) is 7.97. The first kappa shape index (κ1) is 11.0. The Labute approximate surface area is 79.7 Å². The van der Waals surface area contributed by atoms with Gasteiger partial charge in [-0.15, -0.1) is 0 Å². The van der Waals surface area contributed by atoms with Crippen molar-refractivity contribution in [3.8, 4) is 0 Å². The Morgan fingerprint density at radius 1 is 1.15 bits per heavy atom. The molecule has 3 nitrogen and oxygen atoms in total. The van der Waals surface area contributed by atoms with Gasteiger partial charge in [0, 0.05) is 0 Å². The van der Waals surface area contributed by atoms with Gasteiger partial charge in [0.15, 0.2) is 0 Å². The van der Waals surface area contributed by atoms with Crippen molar-refractivity contribution in [1.82, 2.24) is 0 Å². The van der Waals surface area contributed by atoms with Crippen LogP contribution in [0.3, 0.4) is 0 Å². The lowest BCUT2D eigenvalue weighted by atomic mass is 9.85. The molecule has 1 fully saturated rings. The largest absolute Gasteiger partial charge is 0.388 e. The predicted octanol–water partition coefficient (Wildman–Crippen LogP) is 0.932. The molecule has 1 saturated heterocycles. The highest BCUT2D eigenvalue weighted by Crippen LogP contribution is 2.34. The van der Waals surface area contributed by atoms with E-state index < -0.39 is 12.2 Å². The molecule has 4 atom stereocenters. The lowest BCUT2D eigenvalue weighted by Crippen LogP contribution is -2.39. The van der Waals surface area contributed by atoms with E-state index in [4.69, 9.17) is 4.74 Å². The minimum absolute atomic E-state index is 0.121. The van der Waals surface area contributed by atoms with Gasteiger partial charge in [-0.25, -0.2) is 0 Å². The Hall–Kier alpha value is -0.120. The molecule has 0 spiro atoms. The molecular formula is C10H20O3. The quantitative estimate of drug-likeness (QED) is 0.643. The van der Waals surface area contributed by atoms with Crippen molar-refractivity contribution in [1.29, 1.82) is 0 Å². The monoisotopic (exact) mass is 188 g/mol. The van der Waals surface area contributed by atoms with Crippen LogP contribution < -0.4 is 0 Å². The van der Waals surface area contributed by atoms with E-state index in [0.29, 0.717) is 0 Å². The topological polar surface area (TPSA) is 49.7 Å². The Morgan fingerprint density at radius 2 is 1.69 bits per heavy atom. The molecule has 3 heteroatoms. The zero-order valence-electron chi connectivity index (χ0n) is 8.82. The Kier molecular flexibility index (Phi) is 3.00. The highest BCUT2D eigenvalue weighted by atomic mass is 16.5.